The van der Waals surface area contributed by atoms with Gasteiger partial charge in [0.2, 0.25) is 0 Å². The number of nitrogens with one attached hydrogen (secondary N) is 1. The van der Waals surface area contributed by atoms with Crippen molar-refractivity contribution in [1.82, 2.24) is 4.98 Å². The summed E-state index contributed by atoms with van der Waals surface area (Å²) in [5, 5.41) is 1.28. The van der Waals surface area contributed by atoms with Crippen LogP contribution < -0.4 is 0 Å². The molecule has 0 aliphatic heterocycles. The normalized spacial score (nSPS) is 10.9. The van der Waals surface area contributed by atoms with Crippen LogP contribution in [0.5, 0.6) is 0 Å². The standard InChI is InChI=1S/C15H12BrN/c16-14-4-1-11(2-5-14)9-12-3-6-15-13(10-12)7-8-17-15/h1-8,10,17H,9H2. The van der Waals surface area contributed by atoms with Crippen LogP contribution in [0.15, 0.2) is 59.2 Å². The topological polar surface area (TPSA) is 15.8 Å². The predicted octanol–water partition coefficient (Wildman–Crippen LogP) is 4.52. The van der Waals surface area contributed by atoms with Gasteiger partial charge in [0.15, 0.2) is 0 Å². The summed E-state index contributed by atoms with van der Waals surface area (Å²) in [6, 6.07) is 17.2. The number of hydrogen-bond donors (Lipinski definition) is 1. The summed E-state index contributed by atoms with van der Waals surface area (Å²) >= 11 is 3.45. The summed E-state index contributed by atoms with van der Waals surface area (Å²) in [5.41, 5.74) is 3.88. The molecule has 1 nitrogen and oxygen atoms in total. The second kappa shape index (κ2) is 4.38. The van der Waals surface area contributed by atoms with Crippen molar-refractivity contribution in [3.63, 3.8) is 0 Å². The fourth-order valence-electron chi connectivity index (χ4n) is 2.05. The van der Waals surface area contributed by atoms with Crippen molar-refractivity contribution >= 4 is 26.8 Å². The molecule has 1 aromatic heterocycles. The Kier molecular flexibility index (Phi) is 2.73. The number of aromatic nitrogens is 1. The molecule has 0 radical (unpaired) electrons. The van der Waals surface area contributed by atoms with Crippen molar-refractivity contribution in [3.8, 4) is 0 Å². The highest BCUT2D eigenvalue weighted by atomic mass is 79.9. The first-order valence-corrected chi connectivity index (χ1v) is 6.41. The lowest BCUT2D eigenvalue weighted by atomic mass is 10.0. The van der Waals surface area contributed by atoms with E-state index in [4.69, 9.17) is 0 Å². The molecular formula is C15H12BrN. The van der Waals surface area contributed by atoms with Gasteiger partial charge in [0.05, 0.1) is 0 Å². The monoisotopic (exact) mass is 285 g/mol. The Hall–Kier alpha value is -1.54. The van der Waals surface area contributed by atoms with E-state index in [0.29, 0.717) is 0 Å². The Labute approximate surface area is 109 Å². The summed E-state index contributed by atoms with van der Waals surface area (Å²) in [5.74, 6) is 0. The molecule has 3 rings (SSSR count). The molecule has 1 heterocycles. The molecule has 84 valence electrons. The predicted molar refractivity (Wildman–Crippen MR) is 75.2 cm³/mol. The minimum Gasteiger partial charge on any atom is -0.361 e. The zero-order valence-corrected chi connectivity index (χ0v) is 10.9. The van der Waals surface area contributed by atoms with Crippen LogP contribution in [0.2, 0.25) is 0 Å². The molecular weight excluding hydrogens is 274 g/mol. The van der Waals surface area contributed by atoms with E-state index in [1.54, 1.807) is 0 Å². The van der Waals surface area contributed by atoms with Crippen LogP contribution in [0.25, 0.3) is 10.9 Å². The molecule has 0 spiro atoms. The fraction of sp³-hybridized carbons (Fsp3) is 0.0667. The minimum atomic E-state index is 0.981. The van der Waals surface area contributed by atoms with Gasteiger partial charge in [-0.3, -0.25) is 0 Å². The number of H-pyrrole nitrogens is 1. The molecule has 0 saturated carbocycles. The Bertz CT molecular complexity index is 637. The van der Waals surface area contributed by atoms with E-state index in [0.717, 1.165) is 10.9 Å². The molecule has 0 unspecified atom stereocenters. The van der Waals surface area contributed by atoms with Crippen molar-refractivity contribution in [2.75, 3.05) is 0 Å². The zero-order chi connectivity index (χ0) is 11.7. The summed E-state index contributed by atoms with van der Waals surface area (Å²) in [6.45, 7) is 0. The Morgan fingerprint density at radius 3 is 2.47 bits per heavy atom. The van der Waals surface area contributed by atoms with Crippen molar-refractivity contribution in [1.29, 1.82) is 0 Å². The van der Waals surface area contributed by atoms with E-state index in [1.165, 1.54) is 22.0 Å². The highest BCUT2D eigenvalue weighted by Crippen LogP contribution is 2.18. The van der Waals surface area contributed by atoms with Gasteiger partial charge < -0.3 is 4.98 Å². The molecule has 2 heteroatoms. The Balaban J connectivity index is 1.91. The lowest BCUT2D eigenvalue weighted by Crippen LogP contribution is -1.87. The van der Waals surface area contributed by atoms with E-state index in [-0.39, 0.29) is 0 Å². The SMILES string of the molecule is Brc1ccc(Cc2ccc3[nH]ccc3c2)cc1. The smallest absolute Gasteiger partial charge is 0.0454 e. The number of benzene rings is 2. The van der Waals surface area contributed by atoms with Gasteiger partial charge in [-0.25, -0.2) is 0 Å². The van der Waals surface area contributed by atoms with Gasteiger partial charge in [0.25, 0.3) is 0 Å². The molecule has 0 fully saturated rings. The molecule has 0 amide bonds. The number of halogens is 1. The molecule has 0 saturated heterocycles. The Morgan fingerprint density at radius 2 is 1.65 bits per heavy atom. The minimum absolute atomic E-state index is 0.981. The molecule has 0 aliphatic carbocycles. The van der Waals surface area contributed by atoms with Gasteiger partial charge in [-0.15, -0.1) is 0 Å². The first-order valence-electron chi connectivity index (χ1n) is 5.62. The second-order valence-corrected chi connectivity index (χ2v) is 5.12. The van der Waals surface area contributed by atoms with Gasteiger partial charge in [-0.1, -0.05) is 34.1 Å². The average Bonchev–Trinajstić information content (AvgIpc) is 2.79. The summed E-state index contributed by atoms with van der Waals surface area (Å²) < 4.78 is 1.13. The van der Waals surface area contributed by atoms with Crippen LogP contribution in [0.4, 0.5) is 0 Å². The molecule has 0 atom stereocenters. The molecule has 0 aliphatic rings. The lowest BCUT2D eigenvalue weighted by Gasteiger charge is -2.02. The first kappa shape index (κ1) is 10.6. The van der Waals surface area contributed by atoms with E-state index in [9.17, 15) is 0 Å². The van der Waals surface area contributed by atoms with Gasteiger partial charge in [0, 0.05) is 16.2 Å². The van der Waals surface area contributed by atoms with Crippen molar-refractivity contribution < 1.29 is 0 Å². The van der Waals surface area contributed by atoms with Gasteiger partial charge in [0.1, 0.15) is 0 Å². The van der Waals surface area contributed by atoms with E-state index in [1.807, 2.05) is 6.20 Å². The van der Waals surface area contributed by atoms with E-state index in [2.05, 4.69) is 69.4 Å². The second-order valence-electron chi connectivity index (χ2n) is 4.20. The maximum Gasteiger partial charge on any atom is 0.0454 e. The molecule has 2 aromatic carbocycles. The number of hydrogen-bond acceptors (Lipinski definition) is 0. The number of fused-ring (bicyclic) bond motifs is 1. The quantitative estimate of drug-likeness (QED) is 0.713. The van der Waals surface area contributed by atoms with Crippen molar-refractivity contribution in [3.05, 3.63) is 70.3 Å². The average molecular weight is 286 g/mol. The van der Waals surface area contributed by atoms with Crippen LogP contribution in [0, 0.1) is 0 Å². The number of rotatable bonds is 2. The van der Waals surface area contributed by atoms with Crippen LogP contribution in [0.1, 0.15) is 11.1 Å². The third-order valence-electron chi connectivity index (χ3n) is 2.94. The largest absolute Gasteiger partial charge is 0.361 e. The highest BCUT2D eigenvalue weighted by Gasteiger charge is 1.99. The molecule has 1 N–H and O–H groups in total. The third kappa shape index (κ3) is 2.27. The zero-order valence-electron chi connectivity index (χ0n) is 9.28. The lowest BCUT2D eigenvalue weighted by molar-refractivity contribution is 1.20. The van der Waals surface area contributed by atoms with Gasteiger partial charge >= 0.3 is 0 Å². The van der Waals surface area contributed by atoms with Crippen LogP contribution >= 0.6 is 15.9 Å². The van der Waals surface area contributed by atoms with Gasteiger partial charge in [-0.05, 0) is 53.3 Å². The van der Waals surface area contributed by atoms with E-state index >= 15 is 0 Å². The first-order chi connectivity index (χ1) is 8.31. The molecule has 0 bridgehead atoms. The summed E-state index contributed by atoms with van der Waals surface area (Å²) in [6.07, 6.45) is 2.96. The van der Waals surface area contributed by atoms with Crippen LogP contribution in [-0.4, -0.2) is 4.98 Å². The maximum absolute atomic E-state index is 3.45. The molecule has 17 heavy (non-hydrogen) atoms. The van der Waals surface area contributed by atoms with Crippen molar-refractivity contribution in [2.24, 2.45) is 0 Å². The van der Waals surface area contributed by atoms with Gasteiger partial charge in [-0.2, -0.15) is 0 Å². The summed E-state index contributed by atoms with van der Waals surface area (Å²) in [7, 11) is 0. The third-order valence-corrected chi connectivity index (χ3v) is 3.47. The molecule has 3 aromatic rings. The maximum atomic E-state index is 3.45. The summed E-state index contributed by atoms with van der Waals surface area (Å²) in [4.78, 5) is 3.21. The van der Waals surface area contributed by atoms with Crippen LogP contribution in [-0.2, 0) is 6.42 Å². The Morgan fingerprint density at radius 1 is 0.882 bits per heavy atom. The highest BCUT2D eigenvalue weighted by molar-refractivity contribution is 9.10. The van der Waals surface area contributed by atoms with Crippen LogP contribution in [0.3, 0.4) is 0 Å². The van der Waals surface area contributed by atoms with E-state index < -0.39 is 0 Å². The van der Waals surface area contributed by atoms with Crippen molar-refractivity contribution in [2.45, 2.75) is 6.42 Å². The number of aromatic amines is 1. The fourth-order valence-corrected chi connectivity index (χ4v) is 2.32.